The Hall–Kier alpha value is -9.27. The number of hydrogen-bond donors (Lipinski definition) is 0. The molecule has 6 nitrogen and oxygen atoms in total. The summed E-state index contributed by atoms with van der Waals surface area (Å²) in [6.07, 6.45) is -76.0. The van der Waals surface area contributed by atoms with Crippen molar-refractivity contribution >= 4 is 42.1 Å². The molecule has 0 aliphatic rings. The van der Waals surface area contributed by atoms with Crippen LogP contribution in [0.1, 0.15) is 155 Å². The Balaban J connectivity index is 1.53. The molecule has 127 heavy (non-hydrogen) atoms. The molecule has 0 aliphatic carbocycles. The zero-order valence-electron chi connectivity index (χ0n) is 61.1. The Morgan fingerprint density at radius 2 is 0.331 bits per heavy atom. The SMILES string of the molecule is CC(OOB(OOC(C)(c1c(F)cc(F)cc1Cl)C(c1cc(C(F)(F)F)cc(C(F)(F)F)c1)c1cc(C(F)(F)F)cc(C(F)(F)F)c1)OOC(C)(c1c(F)cc(F)cc1Cl)C(c1cc(C(F)(F)F)cc(C(F)(F)F)c1)c1cc(C(F)(F)F)cc(C(F)(F)F)c1)(c1c(F)cc(F)cc1Cl)C(c1cc(C(F)(F)F)cc(C(F)(F)F)c1)c1cc(C(F)(F)F)cc(C(F)(F)F)c1. The third-order valence-corrected chi connectivity index (χ3v) is 19.6. The van der Waals surface area contributed by atoms with Gasteiger partial charge in [-0.3, -0.25) is 0 Å². The molecule has 52 heteroatoms. The molecule has 3 atom stereocenters. The van der Waals surface area contributed by atoms with Crippen LogP contribution < -0.4 is 0 Å². The van der Waals surface area contributed by atoms with Crippen molar-refractivity contribution < 1.29 is 213 Å². The van der Waals surface area contributed by atoms with E-state index in [0.29, 0.717) is 0 Å². The molecule has 9 rings (SSSR count). The summed E-state index contributed by atoms with van der Waals surface area (Å²) in [5.74, 6) is -26.2. The molecule has 0 aromatic heterocycles. The van der Waals surface area contributed by atoms with E-state index in [-0.39, 0.29) is 39.0 Å². The fourth-order valence-corrected chi connectivity index (χ4v) is 14.7. The van der Waals surface area contributed by atoms with Crippen molar-refractivity contribution in [2.45, 2.75) is 129 Å². The van der Waals surface area contributed by atoms with Crippen LogP contribution >= 0.6 is 34.8 Å². The van der Waals surface area contributed by atoms with E-state index in [1.807, 2.05) is 0 Å². The van der Waals surface area contributed by atoms with Crippen LogP contribution in [0.25, 0.3) is 0 Å². The van der Waals surface area contributed by atoms with E-state index in [1.54, 1.807) is 0 Å². The molecule has 690 valence electrons. The summed E-state index contributed by atoms with van der Waals surface area (Å²) in [4.78, 5) is 31.2. The molecule has 0 N–H and O–H groups in total. The van der Waals surface area contributed by atoms with Gasteiger partial charge in [-0.25, -0.2) is 55.4 Å². The number of halogens is 45. The first-order valence-corrected chi connectivity index (χ1v) is 34.7. The fourth-order valence-electron chi connectivity index (χ4n) is 13.6. The van der Waals surface area contributed by atoms with Crippen LogP contribution in [0.5, 0.6) is 0 Å². The highest BCUT2D eigenvalue weighted by Gasteiger charge is 2.57. The summed E-state index contributed by atoms with van der Waals surface area (Å²) < 4.78 is 644. The van der Waals surface area contributed by atoms with E-state index in [9.17, 15) is 0 Å². The van der Waals surface area contributed by atoms with Gasteiger partial charge in [0, 0.05) is 52.6 Å². The Morgan fingerprint density at radius 3 is 0.441 bits per heavy atom. The summed E-state index contributed by atoms with van der Waals surface area (Å²) in [7, 11) is -4.81. The van der Waals surface area contributed by atoms with Crippen molar-refractivity contribution in [3.63, 3.8) is 0 Å². The van der Waals surface area contributed by atoms with Gasteiger partial charge in [-0.15, -0.1) is 0 Å². The predicted octanol–water partition coefficient (Wildman–Crippen LogP) is 30.1. The maximum atomic E-state index is 17.4. The normalized spacial score (nSPS) is 15.0. The van der Waals surface area contributed by atoms with Crippen LogP contribution in [-0.2, 0) is 120 Å². The van der Waals surface area contributed by atoms with Gasteiger partial charge in [0.1, 0.15) is 51.7 Å². The van der Waals surface area contributed by atoms with Crippen LogP contribution in [-0.4, -0.2) is 7.32 Å². The predicted molar refractivity (Wildman–Crippen MR) is 353 cm³/mol. The molecule has 0 amide bonds. The third-order valence-electron chi connectivity index (χ3n) is 18.7. The van der Waals surface area contributed by atoms with Gasteiger partial charge in [-0.1, -0.05) is 34.8 Å². The number of rotatable bonds is 21. The van der Waals surface area contributed by atoms with E-state index >= 15 is 184 Å². The number of hydrogen-bond acceptors (Lipinski definition) is 6. The summed E-state index contributed by atoms with van der Waals surface area (Å²) in [5, 5.41) is -5.80. The van der Waals surface area contributed by atoms with Gasteiger partial charge in [0.2, 0.25) is 0 Å². The lowest BCUT2D eigenvalue weighted by Gasteiger charge is -2.41. The molecule has 0 spiro atoms. The smallest absolute Gasteiger partial charge is 0.235 e. The third kappa shape index (κ3) is 22.6. The van der Waals surface area contributed by atoms with Gasteiger partial charge in [-0.05, 0) is 182 Å². The minimum atomic E-state index is -6.33. The van der Waals surface area contributed by atoms with E-state index in [1.165, 1.54) is 0 Å². The highest BCUT2D eigenvalue weighted by molar-refractivity contribution is 6.35. The van der Waals surface area contributed by atoms with Crippen molar-refractivity contribution in [2.75, 3.05) is 0 Å². The molecule has 0 radical (unpaired) electrons. The topological polar surface area (TPSA) is 55.4 Å². The van der Waals surface area contributed by atoms with E-state index in [2.05, 4.69) is 0 Å². The summed E-state index contributed by atoms with van der Waals surface area (Å²) in [5.41, 5.74) is -67.2. The van der Waals surface area contributed by atoms with E-state index < -0.39 is 410 Å². The first-order chi connectivity index (χ1) is 57.3. The number of benzene rings is 9. The van der Waals surface area contributed by atoms with Crippen molar-refractivity contribution in [1.29, 1.82) is 0 Å². The molecule has 0 saturated carbocycles. The van der Waals surface area contributed by atoms with Crippen molar-refractivity contribution in [3.8, 4) is 0 Å². The summed E-state index contributed by atoms with van der Waals surface area (Å²) in [6.45, 7) is -0.801. The lowest BCUT2D eigenvalue weighted by Crippen LogP contribution is -2.44. The molecule has 0 bridgehead atoms. The second-order valence-electron chi connectivity index (χ2n) is 27.7. The molecule has 9 aromatic rings. The molecule has 9 aromatic carbocycles. The Morgan fingerprint density at radius 1 is 0.205 bits per heavy atom. The Bertz CT molecular complexity index is 4580. The first-order valence-electron chi connectivity index (χ1n) is 33.5. The number of alkyl halides is 36. The summed E-state index contributed by atoms with van der Waals surface area (Å²) >= 11 is 18.9. The standard InChI is InChI=1S/C75H36BCl3F42O6/c1-61(58-49(77)22-46(80)25-52(58)83,55(28-4-34(64(86,87)88)16-35(5-28)65(89,90)91)29-6-36(66(92,93)94)17-37(7-29)67(95,96)97)122-125-76(126-123-62(2,59-50(78)23-47(81)26-53(59)84)56(30-8-38(68(98,99)100)18-39(9-30)69(101,102)103)31-10-40(70(104,105)106)19-41(11-31)71(107,108)109)127-124-63(3,60-51(79)24-48(82)27-54(60)85)57(32-12-42(72(110,111)112)20-43(13-32)73(113,114)115)33-14-44(74(116,117)118)21-45(15-33)75(119,120)121/h4-27,55-57H,1-3H3. The van der Waals surface area contributed by atoms with E-state index in [0.717, 1.165) is 0 Å². The van der Waals surface area contributed by atoms with Crippen molar-refractivity contribution in [1.82, 2.24) is 0 Å². The second kappa shape index (κ2) is 34.6. The van der Waals surface area contributed by atoms with Gasteiger partial charge in [0.05, 0.1) is 81.8 Å². The van der Waals surface area contributed by atoms with Crippen molar-refractivity contribution in [2.24, 2.45) is 0 Å². The monoisotopic (exact) mass is 1950 g/mol. The lowest BCUT2D eigenvalue weighted by atomic mass is 9.73. The van der Waals surface area contributed by atoms with Gasteiger partial charge in [0.25, 0.3) is 0 Å². The zero-order chi connectivity index (χ0) is 96.3. The average molecular weight is 1950 g/mol. The molecule has 0 fully saturated rings. The van der Waals surface area contributed by atoms with Crippen LogP contribution in [0, 0.1) is 34.9 Å². The minimum Gasteiger partial charge on any atom is -0.235 e. The maximum Gasteiger partial charge on any atom is 0.725 e. The van der Waals surface area contributed by atoms with Gasteiger partial charge < -0.3 is 0 Å². The molecule has 0 aliphatic heterocycles. The minimum absolute atomic E-state index is 0.267. The van der Waals surface area contributed by atoms with Gasteiger partial charge >= 0.3 is 81.4 Å². The van der Waals surface area contributed by atoms with Gasteiger partial charge in [0.15, 0.2) is 0 Å². The molecular weight excluding hydrogens is 1910 g/mol. The molecule has 3 unspecified atom stereocenters. The maximum absolute atomic E-state index is 17.4. The first kappa shape index (κ1) is 101. The van der Waals surface area contributed by atoms with E-state index in [4.69, 9.17) is 63.9 Å². The van der Waals surface area contributed by atoms with Crippen LogP contribution in [0.2, 0.25) is 15.1 Å². The second-order valence-corrected chi connectivity index (χ2v) is 28.9. The Kier molecular flexibility index (Phi) is 27.6. The summed E-state index contributed by atoms with van der Waals surface area (Å²) in [6, 6.07) is -16.1. The van der Waals surface area contributed by atoms with Crippen LogP contribution in [0.15, 0.2) is 146 Å². The molecular formula is C75H36BCl3F42O6. The average Bonchev–Trinajstić information content (AvgIpc) is 0.738. The highest BCUT2D eigenvalue weighted by atomic mass is 35.5. The fraction of sp³-hybridized carbons (Fsp3) is 0.280. The van der Waals surface area contributed by atoms with Gasteiger partial charge in [-0.2, -0.15) is 158 Å². The quantitative estimate of drug-likeness (QED) is 0.0309. The van der Waals surface area contributed by atoms with Crippen LogP contribution in [0.4, 0.5) is 184 Å². The molecule has 0 heterocycles. The zero-order valence-corrected chi connectivity index (χ0v) is 63.4. The molecule has 0 saturated heterocycles. The largest absolute Gasteiger partial charge is 0.725 e. The Labute approximate surface area is 695 Å². The van der Waals surface area contributed by atoms with Crippen molar-refractivity contribution in [3.05, 3.63) is 312 Å². The van der Waals surface area contributed by atoms with Crippen LogP contribution in [0.3, 0.4) is 0 Å². The highest BCUT2D eigenvalue weighted by Crippen LogP contribution is 2.58. The lowest BCUT2D eigenvalue weighted by molar-refractivity contribution is -0.414.